The van der Waals surface area contributed by atoms with Crippen LogP contribution in [0.5, 0.6) is 0 Å². The average Bonchev–Trinajstić information content (AvgIpc) is 2.52. The van der Waals surface area contributed by atoms with Gasteiger partial charge in [0.25, 0.3) is 10.0 Å². The lowest BCUT2D eigenvalue weighted by Gasteiger charge is -2.22. The fraction of sp³-hybridized carbons (Fsp3) is 0.222. The summed E-state index contributed by atoms with van der Waals surface area (Å²) < 4.78 is 52.8. The third-order valence-corrected chi connectivity index (χ3v) is 4.78. The van der Waals surface area contributed by atoms with Crippen LogP contribution < -0.4 is 4.90 Å². The highest BCUT2D eigenvalue weighted by Crippen LogP contribution is 2.43. The molecule has 4 nitrogen and oxygen atoms in total. The summed E-state index contributed by atoms with van der Waals surface area (Å²) in [5.74, 6) is -1.54. The predicted octanol–water partition coefficient (Wildman–Crippen LogP) is 1.58. The summed E-state index contributed by atoms with van der Waals surface area (Å²) in [5, 5.41) is 0.191. The zero-order valence-corrected chi connectivity index (χ0v) is 9.99. The fourth-order valence-electron chi connectivity index (χ4n) is 1.78. The molecule has 0 bridgehead atoms. The van der Waals surface area contributed by atoms with Gasteiger partial charge in [-0.05, 0) is 17.8 Å². The van der Waals surface area contributed by atoms with Crippen molar-refractivity contribution in [1.29, 1.82) is 0 Å². The zero-order chi connectivity index (χ0) is 12.2. The van der Waals surface area contributed by atoms with E-state index in [1.54, 1.807) is 0 Å². The molecule has 17 heavy (non-hydrogen) atoms. The Bertz CT molecular complexity index is 643. The van der Waals surface area contributed by atoms with Crippen molar-refractivity contribution in [3.05, 3.63) is 23.8 Å². The summed E-state index contributed by atoms with van der Waals surface area (Å²) in [6, 6.07) is 1.96. The first kappa shape index (κ1) is 11.0. The molecule has 0 atom stereocenters. The molecule has 0 saturated carbocycles. The summed E-state index contributed by atoms with van der Waals surface area (Å²) in [5.41, 5.74) is 0.213. The molecule has 0 aromatic heterocycles. The number of fused-ring (bicyclic) bond motifs is 3. The molecule has 2 aliphatic rings. The number of anilines is 1. The van der Waals surface area contributed by atoms with Crippen LogP contribution in [0.25, 0.3) is 0 Å². The van der Waals surface area contributed by atoms with Crippen LogP contribution in [-0.4, -0.2) is 25.9 Å². The fourth-order valence-corrected chi connectivity index (χ4v) is 4.07. The van der Waals surface area contributed by atoms with Crippen molar-refractivity contribution in [2.45, 2.75) is 4.90 Å². The predicted molar refractivity (Wildman–Crippen MR) is 60.8 cm³/mol. The molecule has 8 heteroatoms. The monoisotopic (exact) mass is 276 g/mol. The molecule has 2 aliphatic heterocycles. The summed E-state index contributed by atoms with van der Waals surface area (Å²) in [4.78, 5) is 1.83. The molecule has 0 spiro atoms. The van der Waals surface area contributed by atoms with Crippen LogP contribution >= 0.6 is 11.8 Å². The van der Waals surface area contributed by atoms with Gasteiger partial charge in [-0.25, -0.2) is 17.2 Å². The normalized spacial score (nSPS) is 20.8. The van der Waals surface area contributed by atoms with Gasteiger partial charge in [-0.2, -0.15) is 0 Å². The Morgan fingerprint density at radius 1 is 1.35 bits per heavy atom. The zero-order valence-electron chi connectivity index (χ0n) is 8.35. The highest BCUT2D eigenvalue weighted by Gasteiger charge is 2.35. The topological polar surface area (TPSA) is 49.7 Å². The highest BCUT2D eigenvalue weighted by atomic mass is 32.2. The number of nitrogens with zero attached hydrogens (tertiary/aromatic N) is 2. The van der Waals surface area contributed by atoms with E-state index in [0.29, 0.717) is 4.90 Å². The van der Waals surface area contributed by atoms with Crippen LogP contribution in [0.3, 0.4) is 0 Å². The first-order valence-corrected chi connectivity index (χ1v) is 7.16. The van der Waals surface area contributed by atoms with E-state index in [1.165, 1.54) is 11.0 Å². The second-order valence-corrected chi connectivity index (χ2v) is 6.41. The molecule has 0 radical (unpaired) electrons. The smallest absolute Gasteiger partial charge is 0.257 e. The first-order chi connectivity index (χ1) is 7.96. The van der Waals surface area contributed by atoms with Gasteiger partial charge in [0, 0.05) is 17.5 Å². The van der Waals surface area contributed by atoms with E-state index in [9.17, 15) is 17.2 Å². The van der Waals surface area contributed by atoms with Gasteiger partial charge in [0.1, 0.15) is 5.82 Å². The molecule has 3 rings (SSSR count). The number of thioether (sulfide) groups is 1. The van der Waals surface area contributed by atoms with Crippen molar-refractivity contribution in [3.63, 3.8) is 0 Å². The van der Waals surface area contributed by atoms with E-state index in [4.69, 9.17) is 0 Å². The Labute approximate surface area is 100 Å². The second-order valence-electron chi connectivity index (χ2n) is 3.65. The number of benzene rings is 1. The molecular formula is C9H6F2N2O2S2. The van der Waals surface area contributed by atoms with Gasteiger partial charge >= 0.3 is 0 Å². The Kier molecular flexibility index (Phi) is 2.21. The molecule has 1 aromatic rings. The van der Waals surface area contributed by atoms with Gasteiger partial charge < -0.3 is 4.90 Å². The maximum absolute atomic E-state index is 13.6. The maximum atomic E-state index is 13.6. The van der Waals surface area contributed by atoms with E-state index in [1.807, 2.05) is 0 Å². The molecule has 0 saturated heterocycles. The summed E-state index contributed by atoms with van der Waals surface area (Å²) in [6.45, 7) is 0.143. The lowest BCUT2D eigenvalue weighted by molar-refractivity contribution is 0.576. The number of halogens is 2. The van der Waals surface area contributed by atoms with Crippen LogP contribution in [-0.2, 0) is 10.0 Å². The number of sulfonamides is 1. The lowest BCUT2D eigenvalue weighted by atomic mass is 10.2. The third kappa shape index (κ3) is 1.71. The van der Waals surface area contributed by atoms with E-state index >= 15 is 0 Å². The van der Waals surface area contributed by atoms with Crippen molar-refractivity contribution in [1.82, 2.24) is 0 Å². The van der Waals surface area contributed by atoms with E-state index in [0.717, 1.165) is 17.8 Å². The van der Waals surface area contributed by atoms with Crippen LogP contribution in [0, 0.1) is 11.6 Å². The summed E-state index contributed by atoms with van der Waals surface area (Å²) >= 11 is 0.967. The van der Waals surface area contributed by atoms with Gasteiger partial charge in [-0.15, -0.1) is 4.40 Å². The molecule has 0 amide bonds. The number of hydrogen-bond donors (Lipinski definition) is 0. The Hall–Kier alpha value is -1.15. The Morgan fingerprint density at radius 3 is 2.88 bits per heavy atom. The van der Waals surface area contributed by atoms with E-state index < -0.39 is 21.7 Å². The number of amidine groups is 1. The van der Waals surface area contributed by atoms with Crippen LogP contribution in [0.2, 0.25) is 0 Å². The molecule has 0 aliphatic carbocycles. The van der Waals surface area contributed by atoms with Crippen LogP contribution in [0.1, 0.15) is 0 Å². The molecule has 90 valence electrons. The van der Waals surface area contributed by atoms with Crippen molar-refractivity contribution >= 4 is 32.6 Å². The SMILES string of the molecule is O=S1(=O)CCN2C(=N1)Sc1cc(F)cc(F)c12. The lowest BCUT2D eigenvalue weighted by Crippen LogP contribution is -2.35. The molecule has 0 N–H and O–H groups in total. The minimum absolute atomic E-state index is 0.143. The van der Waals surface area contributed by atoms with Gasteiger partial charge in [0.15, 0.2) is 11.0 Å². The summed E-state index contributed by atoms with van der Waals surface area (Å²) in [6.07, 6.45) is 0. The van der Waals surface area contributed by atoms with Crippen molar-refractivity contribution < 1.29 is 17.2 Å². The van der Waals surface area contributed by atoms with Gasteiger partial charge in [0.05, 0.1) is 11.4 Å². The van der Waals surface area contributed by atoms with Gasteiger partial charge in [-0.1, -0.05) is 0 Å². The Morgan fingerprint density at radius 2 is 2.12 bits per heavy atom. The average molecular weight is 276 g/mol. The molecule has 0 unspecified atom stereocenters. The summed E-state index contributed by atoms with van der Waals surface area (Å²) in [7, 11) is -3.47. The molecule has 1 aromatic carbocycles. The van der Waals surface area contributed by atoms with E-state index in [-0.39, 0.29) is 23.2 Å². The quantitative estimate of drug-likeness (QED) is 0.722. The number of rotatable bonds is 0. The van der Waals surface area contributed by atoms with Crippen molar-refractivity contribution in [2.75, 3.05) is 17.2 Å². The van der Waals surface area contributed by atoms with Crippen molar-refractivity contribution in [2.24, 2.45) is 4.40 Å². The first-order valence-electron chi connectivity index (χ1n) is 4.73. The van der Waals surface area contributed by atoms with Crippen molar-refractivity contribution in [3.8, 4) is 0 Å². The molecule has 2 heterocycles. The van der Waals surface area contributed by atoms with Crippen LogP contribution in [0.4, 0.5) is 14.5 Å². The number of hydrogen-bond acceptors (Lipinski definition) is 4. The highest BCUT2D eigenvalue weighted by molar-refractivity contribution is 8.15. The largest absolute Gasteiger partial charge is 0.315 e. The van der Waals surface area contributed by atoms with Gasteiger partial charge in [-0.3, -0.25) is 0 Å². The van der Waals surface area contributed by atoms with E-state index in [2.05, 4.69) is 4.40 Å². The second kappa shape index (κ2) is 3.42. The van der Waals surface area contributed by atoms with Gasteiger partial charge in [0.2, 0.25) is 0 Å². The maximum Gasteiger partial charge on any atom is 0.257 e. The van der Waals surface area contributed by atoms with Crippen LogP contribution in [0.15, 0.2) is 21.4 Å². The minimum Gasteiger partial charge on any atom is -0.315 e. The Balaban J connectivity index is 2.18. The molecular weight excluding hydrogens is 270 g/mol. The minimum atomic E-state index is -3.47. The third-order valence-electron chi connectivity index (χ3n) is 2.49. The standard InChI is InChI=1S/C9H6F2N2O2S2/c10-5-3-6(11)8-7(4-5)16-9-12-17(14,15)2-1-13(8)9/h3-4H,1-2H2. The molecule has 0 fully saturated rings.